The summed E-state index contributed by atoms with van der Waals surface area (Å²) < 4.78 is 0. The Morgan fingerprint density at radius 1 is 1.30 bits per heavy atom. The van der Waals surface area contributed by atoms with Crippen molar-refractivity contribution in [3.05, 3.63) is 0 Å². The van der Waals surface area contributed by atoms with E-state index in [0.717, 1.165) is 6.54 Å². The molecule has 1 rings (SSSR count). The lowest BCUT2D eigenvalue weighted by atomic mass is 10.1. The fraction of sp³-hybridized carbons (Fsp3) is 1.00. The molecule has 2 N–H and O–H groups in total. The maximum atomic E-state index is 5.85. The molecule has 1 atom stereocenters. The van der Waals surface area contributed by atoms with Crippen LogP contribution in [0.2, 0.25) is 0 Å². The first-order valence-electron chi connectivity index (χ1n) is 4.23. The standard InChI is InChI=1S/C8H18N2/c1-10-6-4-2-3-5-8(9)7-10/h8H,2-7,9H2,1H3. The summed E-state index contributed by atoms with van der Waals surface area (Å²) in [6, 6.07) is 0.422. The smallest absolute Gasteiger partial charge is 0.0167 e. The van der Waals surface area contributed by atoms with Crippen molar-refractivity contribution in [3.63, 3.8) is 0 Å². The van der Waals surface area contributed by atoms with Gasteiger partial charge in [-0.3, -0.25) is 0 Å². The molecule has 0 aliphatic carbocycles. The second kappa shape index (κ2) is 3.94. The third-order valence-corrected chi connectivity index (χ3v) is 2.16. The Balaban J connectivity index is 2.25. The van der Waals surface area contributed by atoms with Crippen molar-refractivity contribution >= 4 is 0 Å². The normalized spacial score (nSPS) is 31.2. The molecule has 10 heavy (non-hydrogen) atoms. The minimum Gasteiger partial charge on any atom is -0.327 e. The third kappa shape index (κ3) is 2.67. The molecule has 2 heteroatoms. The van der Waals surface area contributed by atoms with Gasteiger partial charge < -0.3 is 10.6 Å². The minimum atomic E-state index is 0.422. The SMILES string of the molecule is CN1CCCCCC(N)C1. The summed E-state index contributed by atoms with van der Waals surface area (Å²) in [6.45, 7) is 2.31. The summed E-state index contributed by atoms with van der Waals surface area (Å²) in [4.78, 5) is 2.34. The van der Waals surface area contributed by atoms with Gasteiger partial charge in [-0.2, -0.15) is 0 Å². The second-order valence-corrected chi connectivity index (χ2v) is 3.37. The molecule has 0 bridgehead atoms. The van der Waals surface area contributed by atoms with Gasteiger partial charge in [0.25, 0.3) is 0 Å². The largest absolute Gasteiger partial charge is 0.327 e. The average Bonchev–Trinajstić information content (AvgIpc) is 1.83. The van der Waals surface area contributed by atoms with Crippen LogP contribution in [0.25, 0.3) is 0 Å². The Bertz CT molecular complexity index is 83.3. The molecule has 1 aliphatic rings. The molecular formula is C8H18N2. The molecule has 1 saturated heterocycles. The molecule has 0 aromatic heterocycles. The van der Waals surface area contributed by atoms with Crippen LogP contribution >= 0.6 is 0 Å². The lowest BCUT2D eigenvalue weighted by Crippen LogP contribution is -2.36. The van der Waals surface area contributed by atoms with Crippen LogP contribution in [0.4, 0.5) is 0 Å². The molecule has 0 spiro atoms. The van der Waals surface area contributed by atoms with E-state index >= 15 is 0 Å². The third-order valence-electron chi connectivity index (χ3n) is 2.16. The highest BCUT2D eigenvalue weighted by Crippen LogP contribution is 2.07. The molecule has 1 unspecified atom stereocenters. The number of nitrogens with two attached hydrogens (primary N) is 1. The molecule has 60 valence electrons. The van der Waals surface area contributed by atoms with Gasteiger partial charge in [-0.25, -0.2) is 0 Å². The molecular weight excluding hydrogens is 124 g/mol. The maximum absolute atomic E-state index is 5.85. The Morgan fingerprint density at radius 2 is 2.10 bits per heavy atom. The Morgan fingerprint density at radius 3 is 2.90 bits per heavy atom. The zero-order valence-corrected chi connectivity index (χ0v) is 6.84. The predicted octanol–water partition coefficient (Wildman–Crippen LogP) is 0.820. The van der Waals surface area contributed by atoms with E-state index in [2.05, 4.69) is 11.9 Å². The van der Waals surface area contributed by atoms with E-state index in [1.54, 1.807) is 0 Å². The molecule has 0 saturated carbocycles. The molecule has 1 heterocycles. The number of hydrogen-bond acceptors (Lipinski definition) is 2. The highest BCUT2D eigenvalue weighted by molar-refractivity contribution is 4.68. The summed E-state index contributed by atoms with van der Waals surface area (Å²) in [5.41, 5.74) is 5.85. The quantitative estimate of drug-likeness (QED) is 0.542. The number of rotatable bonds is 0. The lowest BCUT2D eigenvalue weighted by Gasteiger charge is -2.23. The number of hydrogen-bond donors (Lipinski definition) is 1. The average molecular weight is 142 g/mol. The van der Waals surface area contributed by atoms with E-state index in [0.29, 0.717) is 6.04 Å². The number of likely N-dealkylation sites (N-methyl/N-ethyl adjacent to an activating group) is 1. The number of likely N-dealkylation sites (tertiary alicyclic amines) is 1. The van der Waals surface area contributed by atoms with Crippen molar-refractivity contribution in [3.8, 4) is 0 Å². The number of nitrogens with zero attached hydrogens (tertiary/aromatic N) is 1. The van der Waals surface area contributed by atoms with Gasteiger partial charge in [-0.15, -0.1) is 0 Å². The van der Waals surface area contributed by atoms with Gasteiger partial charge in [0.1, 0.15) is 0 Å². The van der Waals surface area contributed by atoms with E-state index in [9.17, 15) is 0 Å². The first kappa shape index (κ1) is 8.02. The van der Waals surface area contributed by atoms with Crippen molar-refractivity contribution in [2.45, 2.75) is 31.7 Å². The van der Waals surface area contributed by atoms with Crippen molar-refractivity contribution in [1.82, 2.24) is 4.90 Å². The van der Waals surface area contributed by atoms with Crippen LogP contribution < -0.4 is 5.73 Å². The van der Waals surface area contributed by atoms with E-state index in [1.807, 2.05) is 0 Å². The van der Waals surface area contributed by atoms with Crippen LogP contribution in [0.5, 0.6) is 0 Å². The van der Waals surface area contributed by atoms with Crippen LogP contribution in [-0.4, -0.2) is 31.1 Å². The van der Waals surface area contributed by atoms with Crippen LogP contribution in [0.1, 0.15) is 25.7 Å². The summed E-state index contributed by atoms with van der Waals surface area (Å²) in [5.74, 6) is 0. The van der Waals surface area contributed by atoms with E-state index < -0.39 is 0 Å². The Kier molecular flexibility index (Phi) is 3.16. The highest BCUT2D eigenvalue weighted by Gasteiger charge is 2.09. The van der Waals surface area contributed by atoms with E-state index in [-0.39, 0.29) is 0 Å². The van der Waals surface area contributed by atoms with Gasteiger partial charge in [0, 0.05) is 12.6 Å². The fourth-order valence-electron chi connectivity index (χ4n) is 1.55. The Hall–Kier alpha value is -0.0800. The molecule has 0 aromatic carbocycles. The van der Waals surface area contributed by atoms with Gasteiger partial charge in [0.05, 0.1) is 0 Å². The first-order valence-corrected chi connectivity index (χ1v) is 4.23. The van der Waals surface area contributed by atoms with Gasteiger partial charge in [-0.05, 0) is 26.4 Å². The molecule has 2 nitrogen and oxygen atoms in total. The monoisotopic (exact) mass is 142 g/mol. The molecule has 0 aromatic rings. The lowest BCUT2D eigenvalue weighted by molar-refractivity contribution is 0.276. The van der Waals surface area contributed by atoms with Crippen molar-refractivity contribution in [2.24, 2.45) is 5.73 Å². The zero-order valence-electron chi connectivity index (χ0n) is 6.84. The highest BCUT2D eigenvalue weighted by atomic mass is 15.1. The minimum absolute atomic E-state index is 0.422. The van der Waals surface area contributed by atoms with Crippen molar-refractivity contribution in [1.29, 1.82) is 0 Å². The van der Waals surface area contributed by atoms with Crippen LogP contribution in [0.15, 0.2) is 0 Å². The van der Waals surface area contributed by atoms with Crippen LogP contribution in [-0.2, 0) is 0 Å². The fourth-order valence-corrected chi connectivity index (χ4v) is 1.55. The van der Waals surface area contributed by atoms with Gasteiger partial charge in [0.15, 0.2) is 0 Å². The maximum Gasteiger partial charge on any atom is 0.0167 e. The summed E-state index contributed by atoms with van der Waals surface area (Å²) in [7, 11) is 2.16. The predicted molar refractivity (Wildman–Crippen MR) is 43.9 cm³/mol. The summed E-state index contributed by atoms with van der Waals surface area (Å²) in [5, 5.41) is 0. The molecule has 1 fully saturated rings. The van der Waals surface area contributed by atoms with Gasteiger partial charge in [0.2, 0.25) is 0 Å². The second-order valence-electron chi connectivity index (χ2n) is 3.37. The molecule has 0 radical (unpaired) electrons. The van der Waals surface area contributed by atoms with Crippen molar-refractivity contribution in [2.75, 3.05) is 20.1 Å². The van der Waals surface area contributed by atoms with Crippen molar-refractivity contribution < 1.29 is 0 Å². The van der Waals surface area contributed by atoms with Crippen LogP contribution in [0, 0.1) is 0 Å². The Labute approximate surface area is 63.4 Å². The van der Waals surface area contributed by atoms with E-state index in [4.69, 9.17) is 5.73 Å². The van der Waals surface area contributed by atoms with Gasteiger partial charge >= 0.3 is 0 Å². The van der Waals surface area contributed by atoms with Crippen LogP contribution in [0.3, 0.4) is 0 Å². The topological polar surface area (TPSA) is 29.3 Å². The zero-order chi connectivity index (χ0) is 7.40. The molecule has 1 aliphatic heterocycles. The van der Waals surface area contributed by atoms with Gasteiger partial charge in [-0.1, -0.05) is 12.8 Å². The summed E-state index contributed by atoms with van der Waals surface area (Å²) >= 11 is 0. The molecule has 0 amide bonds. The summed E-state index contributed by atoms with van der Waals surface area (Å²) in [6.07, 6.45) is 5.25. The first-order chi connectivity index (χ1) is 4.79. The van der Waals surface area contributed by atoms with E-state index in [1.165, 1.54) is 32.2 Å².